The molecule has 1 heterocycles. The molecule has 0 aliphatic carbocycles. The maximum Gasteiger partial charge on any atom is 0.407 e. The number of amides is 3. The zero-order valence-corrected chi connectivity index (χ0v) is 18.7. The second-order valence-electron chi connectivity index (χ2n) is 8.10. The summed E-state index contributed by atoms with van der Waals surface area (Å²) in [6, 6.07) is 6.84. The molecule has 1 aromatic carbocycles. The minimum absolute atomic E-state index is 0.0661. The zero-order valence-electron chi connectivity index (χ0n) is 17.9. The van der Waals surface area contributed by atoms with E-state index in [1.807, 2.05) is 0 Å². The Labute approximate surface area is 182 Å². The van der Waals surface area contributed by atoms with Gasteiger partial charge in [0.2, 0.25) is 5.91 Å². The molecule has 0 bridgehead atoms. The van der Waals surface area contributed by atoms with Crippen LogP contribution in [0.1, 0.15) is 34.1 Å². The first-order valence-corrected chi connectivity index (χ1v) is 10.4. The summed E-state index contributed by atoms with van der Waals surface area (Å²) < 4.78 is 10.8. The van der Waals surface area contributed by atoms with Gasteiger partial charge in [-0.05, 0) is 52.0 Å². The molecule has 0 aromatic heterocycles. The first kappa shape index (κ1) is 23.8. The summed E-state index contributed by atoms with van der Waals surface area (Å²) in [5, 5.41) is 3.18. The normalized spacial score (nSPS) is 15.4. The number of rotatable bonds is 6. The van der Waals surface area contributed by atoms with Crippen LogP contribution in [0.3, 0.4) is 0 Å². The molecule has 1 atom stereocenters. The number of benzene rings is 1. The smallest absolute Gasteiger partial charge is 0.407 e. The van der Waals surface area contributed by atoms with E-state index in [1.165, 1.54) is 0 Å². The SMILES string of the molecule is CC(Oc1ccc(Cl)cc1)C(=O)N1CCN(C(=O)CCNC(=O)OC(C)(C)C)CC1. The largest absolute Gasteiger partial charge is 0.481 e. The lowest BCUT2D eigenvalue weighted by Crippen LogP contribution is -2.53. The first-order valence-electron chi connectivity index (χ1n) is 10.0. The Bertz CT molecular complexity index is 740. The quantitative estimate of drug-likeness (QED) is 0.736. The summed E-state index contributed by atoms with van der Waals surface area (Å²) in [6.07, 6.45) is -0.990. The van der Waals surface area contributed by atoms with E-state index in [1.54, 1.807) is 61.8 Å². The number of nitrogens with zero attached hydrogens (tertiary/aromatic N) is 2. The van der Waals surface area contributed by atoms with Crippen LogP contribution in [0.15, 0.2) is 24.3 Å². The molecular weight excluding hydrogens is 410 g/mol. The van der Waals surface area contributed by atoms with E-state index in [2.05, 4.69) is 5.32 Å². The number of alkyl carbamates (subject to hydrolysis) is 1. The van der Waals surface area contributed by atoms with E-state index in [0.717, 1.165) is 0 Å². The molecule has 8 nitrogen and oxygen atoms in total. The fraction of sp³-hybridized carbons (Fsp3) is 0.571. The Morgan fingerprint density at radius 3 is 2.20 bits per heavy atom. The van der Waals surface area contributed by atoms with Crippen molar-refractivity contribution in [2.75, 3.05) is 32.7 Å². The molecule has 1 N–H and O–H groups in total. The molecule has 166 valence electrons. The van der Waals surface area contributed by atoms with Crippen molar-refractivity contribution in [2.45, 2.75) is 45.8 Å². The third kappa shape index (κ3) is 7.74. The van der Waals surface area contributed by atoms with Gasteiger partial charge < -0.3 is 24.6 Å². The fourth-order valence-corrected chi connectivity index (χ4v) is 3.07. The van der Waals surface area contributed by atoms with E-state index in [0.29, 0.717) is 37.0 Å². The van der Waals surface area contributed by atoms with Gasteiger partial charge >= 0.3 is 6.09 Å². The Kier molecular flexibility index (Phi) is 8.34. The van der Waals surface area contributed by atoms with Crippen LogP contribution in [0, 0.1) is 0 Å². The van der Waals surface area contributed by atoms with Gasteiger partial charge in [-0.1, -0.05) is 11.6 Å². The number of carbonyl (C=O) groups is 3. The molecule has 0 saturated carbocycles. The standard InChI is InChI=1S/C21H30ClN3O5/c1-15(29-17-7-5-16(22)6-8-17)19(27)25-13-11-24(12-14-25)18(26)9-10-23-20(28)30-21(2,3)4/h5-8,15H,9-14H2,1-4H3,(H,23,28). The van der Waals surface area contributed by atoms with Crippen LogP contribution in [-0.4, -0.2) is 72.1 Å². The average molecular weight is 440 g/mol. The van der Waals surface area contributed by atoms with Crippen molar-refractivity contribution < 1.29 is 23.9 Å². The highest BCUT2D eigenvalue weighted by molar-refractivity contribution is 6.30. The van der Waals surface area contributed by atoms with Crippen LogP contribution in [0.2, 0.25) is 5.02 Å². The van der Waals surface area contributed by atoms with Crippen molar-refractivity contribution in [3.05, 3.63) is 29.3 Å². The second-order valence-corrected chi connectivity index (χ2v) is 8.54. The van der Waals surface area contributed by atoms with Crippen LogP contribution in [0.4, 0.5) is 4.79 Å². The minimum atomic E-state index is -0.633. The molecule has 0 spiro atoms. The van der Waals surface area contributed by atoms with E-state index < -0.39 is 17.8 Å². The molecular formula is C21H30ClN3O5. The summed E-state index contributed by atoms with van der Waals surface area (Å²) in [4.78, 5) is 40.0. The Morgan fingerprint density at radius 2 is 1.63 bits per heavy atom. The lowest BCUT2D eigenvalue weighted by Gasteiger charge is -2.36. The average Bonchev–Trinajstić information content (AvgIpc) is 2.67. The van der Waals surface area contributed by atoms with E-state index >= 15 is 0 Å². The number of ether oxygens (including phenoxy) is 2. The van der Waals surface area contributed by atoms with E-state index in [9.17, 15) is 14.4 Å². The van der Waals surface area contributed by atoms with Gasteiger partial charge in [0.15, 0.2) is 6.10 Å². The van der Waals surface area contributed by atoms with Crippen LogP contribution in [0.5, 0.6) is 5.75 Å². The Morgan fingerprint density at radius 1 is 1.07 bits per heavy atom. The molecule has 9 heteroatoms. The van der Waals surface area contributed by atoms with Gasteiger partial charge in [-0.3, -0.25) is 9.59 Å². The van der Waals surface area contributed by atoms with Gasteiger partial charge in [-0.2, -0.15) is 0 Å². The van der Waals surface area contributed by atoms with Crippen LogP contribution in [-0.2, 0) is 14.3 Å². The maximum absolute atomic E-state index is 12.6. The summed E-state index contributed by atoms with van der Waals surface area (Å²) >= 11 is 5.85. The van der Waals surface area contributed by atoms with Gasteiger partial charge in [0.1, 0.15) is 11.4 Å². The third-order valence-corrected chi connectivity index (χ3v) is 4.68. The number of piperazine rings is 1. The topological polar surface area (TPSA) is 88.2 Å². The molecule has 1 aromatic rings. The molecule has 2 rings (SSSR count). The van der Waals surface area contributed by atoms with Crippen LogP contribution < -0.4 is 10.1 Å². The second kappa shape index (κ2) is 10.5. The van der Waals surface area contributed by atoms with Crippen molar-refractivity contribution >= 4 is 29.5 Å². The van der Waals surface area contributed by atoms with Gasteiger partial charge in [0.05, 0.1) is 0 Å². The van der Waals surface area contributed by atoms with Gasteiger partial charge in [0.25, 0.3) is 5.91 Å². The van der Waals surface area contributed by atoms with E-state index in [4.69, 9.17) is 21.1 Å². The number of hydrogen-bond acceptors (Lipinski definition) is 5. The van der Waals surface area contributed by atoms with Gasteiger partial charge in [0, 0.05) is 44.2 Å². The maximum atomic E-state index is 12.6. The minimum Gasteiger partial charge on any atom is -0.481 e. The summed E-state index contributed by atoms with van der Waals surface area (Å²) in [7, 11) is 0. The van der Waals surface area contributed by atoms with E-state index in [-0.39, 0.29) is 24.8 Å². The van der Waals surface area contributed by atoms with Crippen molar-refractivity contribution in [3.63, 3.8) is 0 Å². The number of nitrogens with one attached hydrogen (secondary N) is 1. The number of hydrogen-bond donors (Lipinski definition) is 1. The first-order chi connectivity index (χ1) is 14.0. The van der Waals surface area contributed by atoms with Crippen LogP contribution >= 0.6 is 11.6 Å². The van der Waals surface area contributed by atoms with Crippen LogP contribution in [0.25, 0.3) is 0 Å². The summed E-state index contributed by atoms with van der Waals surface area (Å²) in [5.41, 5.74) is -0.578. The van der Waals surface area contributed by atoms with Crippen molar-refractivity contribution in [2.24, 2.45) is 0 Å². The molecule has 1 unspecified atom stereocenters. The highest BCUT2D eigenvalue weighted by Crippen LogP contribution is 2.18. The summed E-state index contributed by atoms with van der Waals surface area (Å²) in [6.45, 7) is 9.03. The lowest BCUT2D eigenvalue weighted by molar-refractivity contribution is -0.143. The Hall–Kier alpha value is -2.48. The monoisotopic (exact) mass is 439 g/mol. The fourth-order valence-electron chi connectivity index (χ4n) is 2.94. The molecule has 0 radical (unpaired) electrons. The predicted octanol–water partition coefficient (Wildman–Crippen LogP) is 2.69. The summed E-state index contributed by atoms with van der Waals surface area (Å²) in [5.74, 6) is 0.388. The molecule has 1 fully saturated rings. The highest BCUT2D eigenvalue weighted by Gasteiger charge is 2.28. The van der Waals surface area contributed by atoms with Gasteiger partial charge in [-0.25, -0.2) is 4.79 Å². The van der Waals surface area contributed by atoms with Crippen molar-refractivity contribution in [1.82, 2.24) is 15.1 Å². The molecule has 30 heavy (non-hydrogen) atoms. The predicted molar refractivity (Wildman–Crippen MR) is 114 cm³/mol. The zero-order chi connectivity index (χ0) is 22.3. The number of carbonyl (C=O) groups excluding carboxylic acids is 3. The van der Waals surface area contributed by atoms with Gasteiger partial charge in [-0.15, -0.1) is 0 Å². The molecule has 1 saturated heterocycles. The number of halogens is 1. The molecule has 1 aliphatic heterocycles. The lowest BCUT2D eigenvalue weighted by atomic mass is 10.2. The molecule has 3 amide bonds. The third-order valence-electron chi connectivity index (χ3n) is 4.43. The van der Waals surface area contributed by atoms with Crippen molar-refractivity contribution in [1.29, 1.82) is 0 Å². The highest BCUT2D eigenvalue weighted by atomic mass is 35.5. The Balaban J connectivity index is 1.71. The molecule has 1 aliphatic rings. The van der Waals surface area contributed by atoms with Crippen molar-refractivity contribution in [3.8, 4) is 5.75 Å².